The van der Waals surface area contributed by atoms with Crippen LogP contribution in [-0.2, 0) is 18.0 Å². The second-order valence-corrected chi connectivity index (χ2v) is 12.7. The predicted octanol–water partition coefficient (Wildman–Crippen LogP) is 9.13. The molecule has 2 unspecified atom stereocenters. The Morgan fingerprint density at radius 1 is 0.846 bits per heavy atom. The van der Waals surface area contributed by atoms with Gasteiger partial charge in [0.2, 0.25) is 0 Å². The van der Waals surface area contributed by atoms with Gasteiger partial charge in [0.15, 0.2) is 0 Å². The van der Waals surface area contributed by atoms with Crippen LogP contribution in [0.15, 0.2) is 67.0 Å². The van der Waals surface area contributed by atoms with E-state index in [1.54, 1.807) is 0 Å². The summed E-state index contributed by atoms with van der Waals surface area (Å²) >= 11 is 0. The summed E-state index contributed by atoms with van der Waals surface area (Å²) in [5, 5.41) is 2.71. The Labute approximate surface area is 234 Å². The lowest BCUT2D eigenvalue weighted by molar-refractivity contribution is -0.764. The van der Waals surface area contributed by atoms with Crippen molar-refractivity contribution < 1.29 is 4.57 Å². The summed E-state index contributed by atoms with van der Waals surface area (Å²) in [5.74, 6) is 2.12. The summed E-state index contributed by atoms with van der Waals surface area (Å²) in [6.45, 7) is 19.0. The first kappa shape index (κ1) is 25.9. The second-order valence-electron chi connectivity index (χ2n) is 12.7. The molecule has 2 atom stereocenters. The van der Waals surface area contributed by atoms with Crippen molar-refractivity contribution in [3.05, 3.63) is 83.7 Å². The Morgan fingerprint density at radius 3 is 2.18 bits per heavy atom. The number of rotatable bonds is 5. The molecule has 1 aliphatic heterocycles. The van der Waals surface area contributed by atoms with Gasteiger partial charge < -0.3 is 4.57 Å². The quantitative estimate of drug-likeness (QED) is 0.206. The smallest absolute Gasteiger partial charge is 0.294 e. The maximum absolute atomic E-state index is 2.61. The zero-order valence-electron chi connectivity index (χ0n) is 25.3. The third-order valence-corrected chi connectivity index (χ3v) is 10.4. The van der Waals surface area contributed by atoms with E-state index in [1.807, 2.05) is 0 Å². The van der Waals surface area contributed by atoms with Crippen LogP contribution in [0.1, 0.15) is 96.8 Å². The van der Waals surface area contributed by atoms with Crippen molar-refractivity contribution in [3.8, 4) is 17.1 Å². The van der Waals surface area contributed by atoms with E-state index in [9.17, 15) is 0 Å². The zero-order chi connectivity index (χ0) is 27.9. The fraction of sp³-hybridized carbons (Fsp3) is 0.417. The van der Waals surface area contributed by atoms with Crippen molar-refractivity contribution in [2.45, 2.75) is 91.0 Å². The summed E-state index contributed by atoms with van der Waals surface area (Å²) in [6, 6.07) is 20.6. The Balaban J connectivity index is 1.83. The Morgan fingerprint density at radius 2 is 1.51 bits per heavy atom. The van der Waals surface area contributed by atoms with E-state index in [2.05, 4.69) is 143 Å². The van der Waals surface area contributed by atoms with Gasteiger partial charge in [-0.3, -0.25) is 0 Å². The van der Waals surface area contributed by atoms with Crippen LogP contribution >= 0.6 is 0 Å². The number of imidazole rings is 1. The highest BCUT2D eigenvalue weighted by Gasteiger charge is 2.55. The van der Waals surface area contributed by atoms with E-state index in [0.29, 0.717) is 11.8 Å². The van der Waals surface area contributed by atoms with Crippen LogP contribution in [0.25, 0.3) is 38.9 Å². The van der Waals surface area contributed by atoms with Crippen LogP contribution in [0.4, 0.5) is 0 Å². The minimum atomic E-state index is -0.0373. The molecule has 3 aromatic carbocycles. The third kappa shape index (κ3) is 3.25. The molecule has 3 heterocycles. The molecule has 0 radical (unpaired) electrons. The van der Waals surface area contributed by atoms with Crippen molar-refractivity contribution in [2.75, 3.05) is 0 Å². The SMILES string of the molecule is CCC1(C)c2ccccc2-c2n(-c3c(C(C)C)cc(C(C)C)c4c3c3ccccc3n4C)cc[n+]2C1(C)CC. The van der Waals surface area contributed by atoms with Crippen molar-refractivity contribution in [1.82, 2.24) is 9.13 Å². The van der Waals surface area contributed by atoms with Crippen molar-refractivity contribution >= 4 is 21.8 Å². The molecule has 0 fully saturated rings. The number of nitrogens with zero attached hydrogens (tertiary/aromatic N) is 3. The minimum absolute atomic E-state index is 0.0373. The average molecular weight is 519 g/mol. The summed E-state index contributed by atoms with van der Waals surface area (Å²) < 4.78 is 7.57. The lowest BCUT2D eigenvalue weighted by atomic mass is 9.61. The fourth-order valence-corrected chi connectivity index (χ4v) is 7.64. The van der Waals surface area contributed by atoms with E-state index in [0.717, 1.165) is 12.8 Å². The summed E-state index contributed by atoms with van der Waals surface area (Å²) in [5.41, 5.74) is 9.67. The first-order valence-electron chi connectivity index (χ1n) is 14.9. The number of aromatic nitrogens is 3. The van der Waals surface area contributed by atoms with E-state index in [4.69, 9.17) is 0 Å². The fourth-order valence-electron chi connectivity index (χ4n) is 7.64. The highest BCUT2D eigenvalue weighted by molar-refractivity contribution is 6.14. The lowest BCUT2D eigenvalue weighted by Gasteiger charge is -2.47. The molecule has 6 rings (SSSR count). The number of fused-ring (bicyclic) bond motifs is 6. The topological polar surface area (TPSA) is 13.7 Å². The van der Waals surface area contributed by atoms with Gasteiger partial charge in [0.05, 0.1) is 16.5 Å². The van der Waals surface area contributed by atoms with E-state index in [-0.39, 0.29) is 11.0 Å². The van der Waals surface area contributed by atoms with Crippen LogP contribution in [0.2, 0.25) is 0 Å². The van der Waals surface area contributed by atoms with Crippen LogP contribution in [0.3, 0.4) is 0 Å². The molecule has 3 nitrogen and oxygen atoms in total. The molecule has 0 saturated heterocycles. The van der Waals surface area contributed by atoms with Gasteiger partial charge >= 0.3 is 0 Å². The number of aryl methyl sites for hydroxylation is 1. The standard InChI is InChI=1S/C36H44N3/c1-10-35(7)29-18-14-12-16-25(29)34-38(20-21-39(34)36(35,8)11-2)33-28(24(5)6)22-27(23(3)4)32-31(33)26-17-13-15-19-30(26)37(32)9/h12-24H,10-11H2,1-9H3/q+1. The third-order valence-electron chi connectivity index (χ3n) is 10.4. The van der Waals surface area contributed by atoms with Gasteiger partial charge in [0.1, 0.15) is 23.6 Å². The Kier molecular flexibility index (Phi) is 5.88. The van der Waals surface area contributed by atoms with Crippen molar-refractivity contribution in [2.24, 2.45) is 7.05 Å². The lowest BCUT2D eigenvalue weighted by Crippen LogP contribution is -2.67. The highest BCUT2D eigenvalue weighted by Crippen LogP contribution is 2.51. The summed E-state index contributed by atoms with van der Waals surface area (Å²) in [4.78, 5) is 0. The molecular weight excluding hydrogens is 474 g/mol. The molecule has 202 valence electrons. The number of hydrogen-bond donors (Lipinski definition) is 0. The van der Waals surface area contributed by atoms with Gasteiger partial charge in [-0.1, -0.05) is 84.9 Å². The molecule has 0 N–H and O–H groups in total. The molecule has 0 aliphatic carbocycles. The molecular formula is C36H44N3+. The summed E-state index contributed by atoms with van der Waals surface area (Å²) in [7, 11) is 2.24. The maximum atomic E-state index is 2.61. The van der Waals surface area contributed by atoms with Gasteiger partial charge in [0, 0.05) is 28.9 Å². The van der Waals surface area contributed by atoms with E-state index in [1.165, 1.54) is 55.6 Å². The van der Waals surface area contributed by atoms with Crippen LogP contribution in [0, 0.1) is 0 Å². The number of hydrogen-bond acceptors (Lipinski definition) is 0. The van der Waals surface area contributed by atoms with Gasteiger partial charge in [0.25, 0.3) is 5.82 Å². The molecule has 0 saturated carbocycles. The molecule has 0 amide bonds. The molecule has 0 spiro atoms. The average Bonchev–Trinajstić information content (AvgIpc) is 3.51. The normalized spacial score (nSPS) is 20.8. The second kappa shape index (κ2) is 8.84. The monoisotopic (exact) mass is 518 g/mol. The minimum Gasteiger partial charge on any atom is -0.343 e. The van der Waals surface area contributed by atoms with Gasteiger partial charge in [-0.05, 0) is 60.9 Å². The van der Waals surface area contributed by atoms with E-state index < -0.39 is 0 Å². The summed E-state index contributed by atoms with van der Waals surface area (Å²) in [6.07, 6.45) is 6.87. The highest BCUT2D eigenvalue weighted by atomic mass is 15.2. The maximum Gasteiger partial charge on any atom is 0.294 e. The predicted molar refractivity (Wildman–Crippen MR) is 165 cm³/mol. The molecule has 3 heteroatoms. The Hall–Kier alpha value is -3.33. The molecule has 39 heavy (non-hydrogen) atoms. The first-order valence-corrected chi connectivity index (χ1v) is 14.9. The van der Waals surface area contributed by atoms with Crippen LogP contribution < -0.4 is 4.57 Å². The van der Waals surface area contributed by atoms with Crippen molar-refractivity contribution in [1.29, 1.82) is 0 Å². The molecule has 0 bridgehead atoms. The molecule has 1 aliphatic rings. The largest absolute Gasteiger partial charge is 0.343 e. The molecule has 2 aromatic heterocycles. The first-order chi connectivity index (χ1) is 18.6. The Bertz CT molecular complexity index is 1730. The van der Waals surface area contributed by atoms with E-state index >= 15 is 0 Å². The molecule has 5 aromatic rings. The van der Waals surface area contributed by atoms with Crippen LogP contribution in [0.5, 0.6) is 0 Å². The van der Waals surface area contributed by atoms with Gasteiger partial charge in [-0.25, -0.2) is 4.57 Å². The van der Waals surface area contributed by atoms with Crippen molar-refractivity contribution in [3.63, 3.8) is 0 Å². The number of benzene rings is 3. The van der Waals surface area contributed by atoms with Gasteiger partial charge in [-0.15, -0.1) is 0 Å². The number of para-hydroxylation sites is 1. The van der Waals surface area contributed by atoms with Gasteiger partial charge in [-0.2, -0.15) is 4.57 Å². The van der Waals surface area contributed by atoms with Crippen LogP contribution in [-0.4, -0.2) is 9.13 Å². The zero-order valence-corrected chi connectivity index (χ0v) is 25.3.